The van der Waals surface area contributed by atoms with Gasteiger partial charge in [0.05, 0.1) is 11.7 Å². The molecule has 1 aromatic rings. The molecule has 2 fully saturated rings. The van der Waals surface area contributed by atoms with E-state index in [4.69, 9.17) is 9.84 Å². The molecule has 2 saturated heterocycles. The normalized spacial score (nSPS) is 22.2. The molecule has 0 saturated carbocycles. The summed E-state index contributed by atoms with van der Waals surface area (Å²) in [5.41, 5.74) is 1.42. The van der Waals surface area contributed by atoms with Gasteiger partial charge in [-0.25, -0.2) is 14.5 Å². The number of rotatable bonds is 5. The summed E-state index contributed by atoms with van der Waals surface area (Å²) in [5, 5.41) is 11.3. The lowest BCUT2D eigenvalue weighted by atomic mass is 10.0. The van der Waals surface area contributed by atoms with Gasteiger partial charge in [-0.15, -0.1) is 0 Å². The second-order valence-electron chi connectivity index (χ2n) is 6.27. The summed E-state index contributed by atoms with van der Waals surface area (Å²) >= 11 is 0. The summed E-state index contributed by atoms with van der Waals surface area (Å²) in [7, 11) is 0. The summed E-state index contributed by atoms with van der Waals surface area (Å²) in [5.74, 6) is -2.14. The average Bonchev–Trinajstić information content (AvgIpc) is 3.00. The summed E-state index contributed by atoms with van der Waals surface area (Å²) in [4.78, 5) is 50.5. The number of nitrogens with zero attached hydrogens (tertiary/aromatic N) is 2. The van der Waals surface area contributed by atoms with E-state index in [1.807, 2.05) is 6.92 Å². The highest BCUT2D eigenvalue weighted by Gasteiger charge is 2.49. The van der Waals surface area contributed by atoms with E-state index in [0.29, 0.717) is 18.7 Å². The predicted octanol–water partition coefficient (Wildman–Crippen LogP) is 0.122. The molecular weight excluding hydrogens is 342 g/mol. The molecule has 0 unspecified atom stereocenters. The summed E-state index contributed by atoms with van der Waals surface area (Å²) in [6.07, 6.45) is 0.453. The molecule has 26 heavy (non-hydrogen) atoms. The number of carbonyl (C=O) groups is 4. The van der Waals surface area contributed by atoms with E-state index >= 15 is 0 Å². The van der Waals surface area contributed by atoms with Gasteiger partial charge in [-0.05, 0) is 25.5 Å². The lowest BCUT2D eigenvalue weighted by Crippen LogP contribution is -2.65. The van der Waals surface area contributed by atoms with Crippen LogP contribution in [0.3, 0.4) is 0 Å². The number of anilines is 1. The van der Waals surface area contributed by atoms with E-state index in [9.17, 15) is 19.2 Å². The second-order valence-corrected chi connectivity index (χ2v) is 6.27. The van der Waals surface area contributed by atoms with Crippen LogP contribution in [0, 0.1) is 6.92 Å². The maximum atomic E-state index is 12.9. The molecule has 0 spiro atoms. The van der Waals surface area contributed by atoms with Gasteiger partial charge in [-0.2, -0.15) is 0 Å². The SMILES string of the molecule is Cc1ccc(N2C(=O)N[C@@H]3CCN(C(=O)COCC(=O)O)[C@@H]3C2=O)cc1. The van der Waals surface area contributed by atoms with Gasteiger partial charge in [0.15, 0.2) is 0 Å². The van der Waals surface area contributed by atoms with E-state index in [0.717, 1.165) is 10.5 Å². The summed E-state index contributed by atoms with van der Waals surface area (Å²) < 4.78 is 4.83. The van der Waals surface area contributed by atoms with Crippen LogP contribution in [-0.2, 0) is 19.1 Å². The van der Waals surface area contributed by atoms with Crippen LogP contribution in [0.1, 0.15) is 12.0 Å². The van der Waals surface area contributed by atoms with Crippen molar-refractivity contribution in [1.29, 1.82) is 0 Å². The standard InChI is InChI=1S/C17H19N3O6/c1-10-2-4-11(5-3-10)20-16(24)15-12(18-17(20)25)6-7-19(15)13(21)8-26-9-14(22)23/h2-5,12,15H,6-9H2,1H3,(H,18,25)(H,22,23)/t12-,15+/m1/s1. The van der Waals surface area contributed by atoms with Gasteiger partial charge < -0.3 is 20.1 Å². The number of fused-ring (bicyclic) bond motifs is 1. The maximum absolute atomic E-state index is 12.9. The molecule has 0 aromatic heterocycles. The number of hydrogen-bond donors (Lipinski definition) is 2. The largest absolute Gasteiger partial charge is 0.480 e. The minimum absolute atomic E-state index is 0.290. The molecule has 138 valence electrons. The van der Waals surface area contributed by atoms with Crippen LogP contribution < -0.4 is 10.2 Å². The Hall–Kier alpha value is -2.94. The minimum Gasteiger partial charge on any atom is -0.480 e. The number of amides is 4. The molecule has 2 aliphatic heterocycles. The van der Waals surface area contributed by atoms with Crippen molar-refractivity contribution in [3.05, 3.63) is 29.8 Å². The summed E-state index contributed by atoms with van der Waals surface area (Å²) in [6, 6.07) is 5.12. The van der Waals surface area contributed by atoms with Crippen LogP contribution in [0.4, 0.5) is 10.5 Å². The topological polar surface area (TPSA) is 116 Å². The average molecular weight is 361 g/mol. The number of carboxylic acids is 1. The van der Waals surface area contributed by atoms with Gasteiger partial charge in [0.2, 0.25) is 5.91 Å². The van der Waals surface area contributed by atoms with Crippen molar-refractivity contribution in [3.8, 4) is 0 Å². The van der Waals surface area contributed by atoms with Gasteiger partial charge in [0.1, 0.15) is 19.3 Å². The maximum Gasteiger partial charge on any atom is 0.329 e. The Kier molecular flexibility index (Phi) is 4.90. The highest BCUT2D eigenvalue weighted by atomic mass is 16.5. The highest BCUT2D eigenvalue weighted by molar-refractivity contribution is 6.19. The van der Waals surface area contributed by atoms with E-state index in [-0.39, 0.29) is 0 Å². The van der Waals surface area contributed by atoms with Crippen molar-refractivity contribution in [2.75, 3.05) is 24.7 Å². The third-order valence-corrected chi connectivity index (χ3v) is 4.45. The number of benzene rings is 1. The fourth-order valence-corrected chi connectivity index (χ4v) is 3.23. The fraction of sp³-hybridized carbons (Fsp3) is 0.412. The fourth-order valence-electron chi connectivity index (χ4n) is 3.23. The molecule has 0 aliphatic carbocycles. The zero-order valence-electron chi connectivity index (χ0n) is 14.2. The lowest BCUT2D eigenvalue weighted by Gasteiger charge is -2.36. The zero-order chi connectivity index (χ0) is 18.8. The summed E-state index contributed by atoms with van der Waals surface area (Å²) in [6.45, 7) is 1.17. The Balaban J connectivity index is 1.77. The Labute approximate surface area is 149 Å². The Morgan fingerprint density at radius 3 is 2.58 bits per heavy atom. The molecular formula is C17H19N3O6. The Morgan fingerprint density at radius 2 is 1.92 bits per heavy atom. The van der Waals surface area contributed by atoms with Gasteiger partial charge in [0, 0.05) is 6.54 Å². The first kappa shape index (κ1) is 17.9. The third kappa shape index (κ3) is 3.38. The van der Waals surface area contributed by atoms with Crippen LogP contribution in [0.5, 0.6) is 0 Å². The number of carboxylic acid groups (broad SMARTS) is 1. The Bertz CT molecular complexity index is 747. The predicted molar refractivity (Wildman–Crippen MR) is 89.6 cm³/mol. The number of imide groups is 1. The third-order valence-electron chi connectivity index (χ3n) is 4.45. The number of aliphatic carboxylic acids is 1. The molecule has 2 heterocycles. The number of likely N-dealkylation sites (tertiary alicyclic amines) is 1. The minimum atomic E-state index is -1.18. The number of nitrogens with one attached hydrogen (secondary N) is 1. The zero-order valence-corrected chi connectivity index (χ0v) is 14.2. The van der Waals surface area contributed by atoms with E-state index in [1.54, 1.807) is 24.3 Å². The van der Waals surface area contributed by atoms with Crippen LogP contribution >= 0.6 is 0 Å². The number of carbonyl (C=O) groups excluding carboxylic acids is 3. The highest BCUT2D eigenvalue weighted by Crippen LogP contribution is 2.28. The lowest BCUT2D eigenvalue weighted by molar-refractivity contribution is -0.147. The van der Waals surface area contributed by atoms with E-state index in [2.05, 4.69) is 5.32 Å². The first-order chi connectivity index (χ1) is 12.4. The quantitative estimate of drug-likeness (QED) is 0.770. The number of urea groups is 1. The Morgan fingerprint density at radius 1 is 1.23 bits per heavy atom. The van der Waals surface area contributed by atoms with Crippen molar-refractivity contribution < 1.29 is 29.0 Å². The number of hydrogen-bond acceptors (Lipinski definition) is 5. The molecule has 9 heteroatoms. The van der Waals surface area contributed by atoms with Gasteiger partial charge in [-0.3, -0.25) is 9.59 Å². The van der Waals surface area contributed by atoms with Crippen LogP contribution in [0.2, 0.25) is 0 Å². The molecule has 0 radical (unpaired) electrons. The van der Waals surface area contributed by atoms with E-state index in [1.165, 1.54) is 4.90 Å². The first-order valence-corrected chi connectivity index (χ1v) is 8.18. The molecule has 2 N–H and O–H groups in total. The molecule has 9 nitrogen and oxygen atoms in total. The molecule has 2 atom stereocenters. The van der Waals surface area contributed by atoms with Gasteiger partial charge >= 0.3 is 12.0 Å². The number of aryl methyl sites for hydroxylation is 1. The van der Waals surface area contributed by atoms with Crippen LogP contribution in [-0.4, -0.2) is 65.7 Å². The van der Waals surface area contributed by atoms with Crippen molar-refractivity contribution in [2.24, 2.45) is 0 Å². The molecule has 0 bridgehead atoms. The monoisotopic (exact) mass is 361 g/mol. The van der Waals surface area contributed by atoms with Crippen molar-refractivity contribution in [2.45, 2.75) is 25.4 Å². The smallest absolute Gasteiger partial charge is 0.329 e. The molecule has 3 rings (SSSR count). The van der Waals surface area contributed by atoms with Crippen molar-refractivity contribution >= 4 is 29.5 Å². The van der Waals surface area contributed by atoms with Crippen molar-refractivity contribution in [3.63, 3.8) is 0 Å². The van der Waals surface area contributed by atoms with Crippen LogP contribution in [0.25, 0.3) is 0 Å². The number of ether oxygens (including phenoxy) is 1. The van der Waals surface area contributed by atoms with Crippen LogP contribution in [0.15, 0.2) is 24.3 Å². The second kappa shape index (κ2) is 7.12. The van der Waals surface area contributed by atoms with E-state index < -0.39 is 49.1 Å². The van der Waals surface area contributed by atoms with Gasteiger partial charge in [-0.1, -0.05) is 17.7 Å². The molecule has 2 aliphatic rings. The molecule has 1 aromatic carbocycles. The molecule has 4 amide bonds. The first-order valence-electron chi connectivity index (χ1n) is 8.18. The van der Waals surface area contributed by atoms with Crippen molar-refractivity contribution in [1.82, 2.24) is 10.2 Å². The van der Waals surface area contributed by atoms with Gasteiger partial charge in [0.25, 0.3) is 5.91 Å².